The highest BCUT2D eigenvalue weighted by atomic mass is 16.2. The normalized spacial score (nSPS) is 14.9. The molecule has 0 bridgehead atoms. The molecular formula is C22H25N5O2. The lowest BCUT2D eigenvalue weighted by Gasteiger charge is -2.32. The first-order valence-electron chi connectivity index (χ1n) is 10.1. The standard InChI is InChI=1S/C22H25N5O2/c1-2-20-23-12-15-26(20)16-17-10-13-25(14-11-17)22(29)19-8-9-21(28)27(24-19)18-6-4-3-5-7-18/h3-9,12,15,17H,2,10-11,13-14,16H2,1H3. The summed E-state index contributed by atoms with van der Waals surface area (Å²) in [5.74, 6) is 1.52. The molecule has 1 amide bonds. The lowest BCUT2D eigenvalue weighted by atomic mass is 9.96. The largest absolute Gasteiger partial charge is 0.337 e. The Morgan fingerprint density at radius 2 is 1.86 bits per heavy atom. The quantitative estimate of drug-likeness (QED) is 0.670. The van der Waals surface area contributed by atoms with E-state index in [9.17, 15) is 9.59 Å². The van der Waals surface area contributed by atoms with Crippen LogP contribution in [0.1, 0.15) is 36.1 Å². The van der Waals surface area contributed by atoms with Gasteiger partial charge in [0.15, 0.2) is 0 Å². The highest BCUT2D eigenvalue weighted by Crippen LogP contribution is 2.21. The van der Waals surface area contributed by atoms with E-state index >= 15 is 0 Å². The fourth-order valence-corrected chi connectivity index (χ4v) is 3.86. The third-order valence-electron chi connectivity index (χ3n) is 5.49. The molecule has 0 atom stereocenters. The van der Waals surface area contributed by atoms with Crippen molar-refractivity contribution >= 4 is 5.91 Å². The van der Waals surface area contributed by atoms with Crippen molar-refractivity contribution in [3.05, 3.63) is 76.7 Å². The SMILES string of the molecule is CCc1nccn1CC1CCN(C(=O)c2ccc(=O)n(-c3ccccc3)n2)CC1. The number of aromatic nitrogens is 4. The fraction of sp³-hybridized carbons (Fsp3) is 0.364. The molecule has 0 aliphatic carbocycles. The van der Waals surface area contributed by atoms with Crippen LogP contribution in [0.2, 0.25) is 0 Å². The maximum atomic E-state index is 13.0. The van der Waals surface area contributed by atoms with Crippen LogP contribution < -0.4 is 5.56 Å². The van der Waals surface area contributed by atoms with Crippen LogP contribution in [0, 0.1) is 5.92 Å². The van der Waals surface area contributed by atoms with E-state index in [1.54, 1.807) is 12.1 Å². The average molecular weight is 391 g/mol. The van der Waals surface area contributed by atoms with E-state index in [-0.39, 0.29) is 11.5 Å². The van der Waals surface area contributed by atoms with Crippen molar-refractivity contribution < 1.29 is 4.79 Å². The van der Waals surface area contributed by atoms with Crippen molar-refractivity contribution in [1.82, 2.24) is 24.2 Å². The van der Waals surface area contributed by atoms with E-state index in [0.29, 0.717) is 30.4 Å². The molecule has 29 heavy (non-hydrogen) atoms. The van der Waals surface area contributed by atoms with Crippen LogP contribution in [-0.4, -0.2) is 43.2 Å². The molecule has 1 fully saturated rings. The summed E-state index contributed by atoms with van der Waals surface area (Å²) in [5, 5.41) is 4.32. The molecular weight excluding hydrogens is 366 g/mol. The summed E-state index contributed by atoms with van der Waals surface area (Å²) >= 11 is 0. The van der Waals surface area contributed by atoms with Crippen LogP contribution >= 0.6 is 0 Å². The van der Waals surface area contributed by atoms with Gasteiger partial charge in [-0.25, -0.2) is 4.98 Å². The summed E-state index contributed by atoms with van der Waals surface area (Å²) in [5.41, 5.74) is 0.700. The summed E-state index contributed by atoms with van der Waals surface area (Å²) in [6, 6.07) is 12.1. The van der Waals surface area contributed by atoms with Gasteiger partial charge in [-0.1, -0.05) is 25.1 Å². The van der Waals surface area contributed by atoms with Crippen molar-refractivity contribution in [3.8, 4) is 5.69 Å². The second-order valence-corrected chi connectivity index (χ2v) is 7.39. The summed E-state index contributed by atoms with van der Waals surface area (Å²) < 4.78 is 3.50. The Hall–Kier alpha value is -3.22. The minimum Gasteiger partial charge on any atom is -0.337 e. The number of nitrogens with zero attached hydrogens (tertiary/aromatic N) is 5. The summed E-state index contributed by atoms with van der Waals surface area (Å²) in [6.07, 6.45) is 6.71. The van der Waals surface area contributed by atoms with E-state index in [1.807, 2.05) is 35.5 Å². The topological polar surface area (TPSA) is 73.0 Å². The van der Waals surface area contributed by atoms with Gasteiger partial charge in [0.1, 0.15) is 11.5 Å². The number of aryl methyl sites for hydroxylation is 1. The Morgan fingerprint density at radius 1 is 1.10 bits per heavy atom. The number of piperidine rings is 1. The zero-order chi connectivity index (χ0) is 20.2. The van der Waals surface area contributed by atoms with Crippen LogP contribution in [0.15, 0.2) is 59.7 Å². The van der Waals surface area contributed by atoms with Gasteiger partial charge in [0.05, 0.1) is 5.69 Å². The number of benzene rings is 1. The zero-order valence-electron chi connectivity index (χ0n) is 16.6. The smallest absolute Gasteiger partial charge is 0.274 e. The van der Waals surface area contributed by atoms with E-state index in [2.05, 4.69) is 21.6 Å². The second-order valence-electron chi connectivity index (χ2n) is 7.39. The van der Waals surface area contributed by atoms with Crippen LogP contribution in [-0.2, 0) is 13.0 Å². The van der Waals surface area contributed by atoms with Gasteiger partial charge in [0.25, 0.3) is 11.5 Å². The first kappa shape index (κ1) is 19.1. The Morgan fingerprint density at radius 3 is 2.59 bits per heavy atom. The van der Waals surface area contributed by atoms with Crippen LogP contribution in [0.25, 0.3) is 5.69 Å². The molecule has 0 spiro atoms. The molecule has 0 unspecified atom stereocenters. The van der Waals surface area contributed by atoms with Crippen LogP contribution in [0.5, 0.6) is 0 Å². The second kappa shape index (κ2) is 8.43. The van der Waals surface area contributed by atoms with E-state index in [4.69, 9.17) is 0 Å². The van der Waals surface area contributed by atoms with E-state index in [1.165, 1.54) is 16.8 Å². The molecule has 3 aromatic rings. The predicted molar refractivity (Wildman–Crippen MR) is 110 cm³/mol. The number of hydrogen-bond donors (Lipinski definition) is 0. The molecule has 1 aliphatic heterocycles. The van der Waals surface area contributed by atoms with Gasteiger partial charge >= 0.3 is 0 Å². The molecule has 150 valence electrons. The predicted octanol–water partition coefficient (Wildman–Crippen LogP) is 2.54. The maximum absolute atomic E-state index is 13.0. The lowest BCUT2D eigenvalue weighted by Crippen LogP contribution is -2.40. The Balaban J connectivity index is 1.43. The van der Waals surface area contributed by atoms with Crippen molar-refractivity contribution in [2.24, 2.45) is 5.92 Å². The number of rotatable bonds is 5. The van der Waals surface area contributed by atoms with Crippen molar-refractivity contribution in [2.75, 3.05) is 13.1 Å². The molecule has 1 saturated heterocycles. The minimum absolute atomic E-state index is 0.120. The zero-order valence-corrected chi connectivity index (χ0v) is 16.6. The minimum atomic E-state index is -0.251. The number of imidazole rings is 1. The highest BCUT2D eigenvalue weighted by molar-refractivity contribution is 5.92. The summed E-state index contributed by atoms with van der Waals surface area (Å²) in [7, 11) is 0. The first-order chi connectivity index (χ1) is 14.2. The Labute approximate surface area is 169 Å². The number of para-hydroxylation sites is 1. The Bertz CT molecular complexity index is 1030. The molecule has 0 N–H and O–H groups in total. The molecule has 0 radical (unpaired) electrons. The van der Waals surface area contributed by atoms with Crippen molar-refractivity contribution in [2.45, 2.75) is 32.7 Å². The highest BCUT2D eigenvalue weighted by Gasteiger charge is 2.25. The average Bonchev–Trinajstić information content (AvgIpc) is 3.22. The molecule has 2 aromatic heterocycles. The van der Waals surface area contributed by atoms with E-state index in [0.717, 1.165) is 31.6 Å². The first-order valence-corrected chi connectivity index (χ1v) is 10.1. The van der Waals surface area contributed by atoms with Gasteiger partial charge in [0, 0.05) is 44.5 Å². The number of hydrogen-bond acceptors (Lipinski definition) is 4. The number of likely N-dealkylation sites (tertiary alicyclic amines) is 1. The van der Waals surface area contributed by atoms with Gasteiger partial charge in [-0.2, -0.15) is 9.78 Å². The monoisotopic (exact) mass is 391 g/mol. The van der Waals surface area contributed by atoms with Crippen LogP contribution in [0.3, 0.4) is 0 Å². The van der Waals surface area contributed by atoms with Crippen molar-refractivity contribution in [1.29, 1.82) is 0 Å². The number of amides is 1. The number of carbonyl (C=O) groups is 1. The van der Waals surface area contributed by atoms with Gasteiger partial charge in [0.2, 0.25) is 0 Å². The molecule has 7 nitrogen and oxygen atoms in total. The lowest BCUT2D eigenvalue weighted by molar-refractivity contribution is 0.0674. The number of carbonyl (C=O) groups excluding carboxylic acids is 1. The molecule has 1 aliphatic rings. The third-order valence-corrected chi connectivity index (χ3v) is 5.49. The van der Waals surface area contributed by atoms with Gasteiger partial charge in [-0.05, 0) is 37.0 Å². The van der Waals surface area contributed by atoms with Gasteiger partial charge in [-0.3, -0.25) is 9.59 Å². The molecule has 7 heteroatoms. The van der Waals surface area contributed by atoms with Gasteiger partial charge < -0.3 is 9.47 Å². The molecule has 3 heterocycles. The van der Waals surface area contributed by atoms with E-state index < -0.39 is 0 Å². The third kappa shape index (κ3) is 4.13. The fourth-order valence-electron chi connectivity index (χ4n) is 3.86. The Kier molecular flexibility index (Phi) is 5.55. The summed E-state index contributed by atoms with van der Waals surface area (Å²) in [6.45, 7) is 4.46. The van der Waals surface area contributed by atoms with Gasteiger partial charge in [-0.15, -0.1) is 0 Å². The van der Waals surface area contributed by atoms with Crippen molar-refractivity contribution in [3.63, 3.8) is 0 Å². The van der Waals surface area contributed by atoms with Crippen LogP contribution in [0.4, 0.5) is 0 Å². The molecule has 4 rings (SSSR count). The molecule has 0 saturated carbocycles. The summed E-state index contributed by atoms with van der Waals surface area (Å²) in [4.78, 5) is 31.4. The molecule has 1 aromatic carbocycles. The maximum Gasteiger partial charge on any atom is 0.274 e.